The topological polar surface area (TPSA) is 42.0 Å². The Morgan fingerprint density at radius 1 is 1.03 bits per heavy atom. The van der Waals surface area contributed by atoms with Gasteiger partial charge in [0.15, 0.2) is 11.6 Å². The average molecular weight is 398 g/mol. The molecule has 0 saturated carbocycles. The van der Waals surface area contributed by atoms with E-state index in [1.807, 2.05) is 36.1 Å². The number of benzene rings is 2. The molecule has 1 heterocycles. The molecule has 5 nitrogen and oxygen atoms in total. The Morgan fingerprint density at radius 3 is 2.38 bits per heavy atom. The molecule has 0 aromatic heterocycles. The number of methoxy groups -OCH3 is 2. The van der Waals surface area contributed by atoms with E-state index in [1.54, 1.807) is 25.3 Å². The van der Waals surface area contributed by atoms with Crippen molar-refractivity contribution in [3.05, 3.63) is 65.0 Å². The van der Waals surface area contributed by atoms with Crippen LogP contribution in [-0.2, 0) is 11.3 Å². The molecule has 0 bridgehead atoms. The molecule has 2 aromatic carbocycles. The second kappa shape index (κ2) is 9.56. The van der Waals surface area contributed by atoms with E-state index in [0.717, 1.165) is 35.5 Å². The SMILES string of the molecule is COc1ccc(CN2CCN(C(=O)/C=C/c3cc(C)ccc3OC)CC2)cc1F. The Labute approximate surface area is 171 Å². The average Bonchev–Trinajstić information content (AvgIpc) is 2.73. The Bertz CT molecular complexity index is 890. The van der Waals surface area contributed by atoms with Crippen molar-refractivity contribution >= 4 is 12.0 Å². The minimum Gasteiger partial charge on any atom is -0.496 e. The molecule has 1 fully saturated rings. The first kappa shape index (κ1) is 20.9. The summed E-state index contributed by atoms with van der Waals surface area (Å²) in [6.45, 7) is 5.45. The highest BCUT2D eigenvalue weighted by Gasteiger charge is 2.20. The number of carbonyl (C=O) groups excluding carboxylic acids is 1. The van der Waals surface area contributed by atoms with E-state index in [0.29, 0.717) is 19.6 Å². The lowest BCUT2D eigenvalue weighted by atomic mass is 10.1. The molecule has 0 unspecified atom stereocenters. The van der Waals surface area contributed by atoms with Gasteiger partial charge in [-0.3, -0.25) is 9.69 Å². The van der Waals surface area contributed by atoms with Crippen molar-refractivity contribution in [3.63, 3.8) is 0 Å². The number of ether oxygens (including phenoxy) is 2. The van der Waals surface area contributed by atoms with Crippen molar-refractivity contribution < 1.29 is 18.7 Å². The Balaban J connectivity index is 1.54. The molecule has 154 valence electrons. The van der Waals surface area contributed by atoms with Crippen LogP contribution in [-0.4, -0.2) is 56.1 Å². The first-order valence-electron chi connectivity index (χ1n) is 9.66. The largest absolute Gasteiger partial charge is 0.496 e. The molecule has 1 amide bonds. The van der Waals surface area contributed by atoms with Crippen molar-refractivity contribution in [2.45, 2.75) is 13.5 Å². The summed E-state index contributed by atoms with van der Waals surface area (Å²) >= 11 is 0. The van der Waals surface area contributed by atoms with Gasteiger partial charge < -0.3 is 14.4 Å². The maximum atomic E-state index is 13.9. The third-order valence-corrected chi connectivity index (χ3v) is 5.10. The predicted molar refractivity (Wildman–Crippen MR) is 112 cm³/mol. The molecule has 1 aliphatic rings. The molecule has 6 heteroatoms. The Hall–Kier alpha value is -2.86. The van der Waals surface area contributed by atoms with E-state index in [1.165, 1.54) is 13.2 Å². The van der Waals surface area contributed by atoms with Crippen molar-refractivity contribution in [1.82, 2.24) is 9.80 Å². The van der Waals surface area contributed by atoms with E-state index in [9.17, 15) is 9.18 Å². The smallest absolute Gasteiger partial charge is 0.246 e. The lowest BCUT2D eigenvalue weighted by molar-refractivity contribution is -0.127. The third-order valence-electron chi connectivity index (χ3n) is 5.10. The number of rotatable bonds is 6. The van der Waals surface area contributed by atoms with Crippen LogP contribution in [0.15, 0.2) is 42.5 Å². The third kappa shape index (κ3) is 5.35. The van der Waals surface area contributed by atoms with E-state index in [2.05, 4.69) is 4.90 Å². The molecular weight excluding hydrogens is 371 g/mol. The van der Waals surface area contributed by atoms with E-state index < -0.39 is 0 Å². The van der Waals surface area contributed by atoms with E-state index in [-0.39, 0.29) is 17.5 Å². The zero-order valence-electron chi connectivity index (χ0n) is 17.2. The minimum absolute atomic E-state index is 0.0105. The van der Waals surface area contributed by atoms with Crippen LogP contribution in [0.25, 0.3) is 6.08 Å². The molecular formula is C23H27FN2O3. The molecule has 0 aliphatic carbocycles. The fourth-order valence-electron chi connectivity index (χ4n) is 3.44. The molecule has 1 saturated heterocycles. The van der Waals surface area contributed by atoms with Crippen molar-refractivity contribution in [3.8, 4) is 11.5 Å². The van der Waals surface area contributed by atoms with Gasteiger partial charge in [0, 0.05) is 44.4 Å². The summed E-state index contributed by atoms with van der Waals surface area (Å²) in [5, 5.41) is 0. The first-order chi connectivity index (χ1) is 14.0. The summed E-state index contributed by atoms with van der Waals surface area (Å²) in [7, 11) is 3.08. The number of hydrogen-bond donors (Lipinski definition) is 0. The quantitative estimate of drug-likeness (QED) is 0.699. The van der Waals surface area contributed by atoms with Gasteiger partial charge in [-0.2, -0.15) is 0 Å². The lowest BCUT2D eigenvalue weighted by Gasteiger charge is -2.34. The fourth-order valence-corrected chi connectivity index (χ4v) is 3.44. The van der Waals surface area contributed by atoms with Gasteiger partial charge >= 0.3 is 0 Å². The number of hydrogen-bond acceptors (Lipinski definition) is 4. The van der Waals surface area contributed by atoms with Gasteiger partial charge in [-0.15, -0.1) is 0 Å². The van der Waals surface area contributed by atoms with Crippen LogP contribution >= 0.6 is 0 Å². The molecule has 0 spiro atoms. The van der Waals surface area contributed by atoms with Crippen LogP contribution in [0.1, 0.15) is 16.7 Å². The van der Waals surface area contributed by atoms with Gasteiger partial charge in [0.05, 0.1) is 14.2 Å². The maximum Gasteiger partial charge on any atom is 0.246 e. The highest BCUT2D eigenvalue weighted by molar-refractivity contribution is 5.92. The maximum absolute atomic E-state index is 13.9. The van der Waals surface area contributed by atoms with Gasteiger partial charge in [-0.05, 0) is 42.8 Å². The molecule has 0 atom stereocenters. The Kier molecular flexibility index (Phi) is 6.88. The standard InChI is InChI=1S/C23H27FN2O3/c1-17-4-7-21(28-2)19(14-17)6-9-23(27)26-12-10-25(11-13-26)16-18-5-8-22(29-3)20(24)15-18/h4-9,14-15H,10-13,16H2,1-3H3/b9-6+. The molecule has 1 aliphatic heterocycles. The van der Waals surface area contributed by atoms with Gasteiger partial charge in [0.2, 0.25) is 5.91 Å². The number of halogens is 1. The van der Waals surface area contributed by atoms with Gasteiger partial charge in [-0.1, -0.05) is 17.7 Å². The summed E-state index contributed by atoms with van der Waals surface area (Å²) in [5.74, 6) is 0.636. The number of aryl methyl sites for hydroxylation is 1. The van der Waals surface area contributed by atoms with Crippen LogP contribution in [0.4, 0.5) is 4.39 Å². The van der Waals surface area contributed by atoms with Crippen molar-refractivity contribution in [1.29, 1.82) is 0 Å². The molecule has 29 heavy (non-hydrogen) atoms. The van der Waals surface area contributed by atoms with Gasteiger partial charge in [-0.25, -0.2) is 4.39 Å². The summed E-state index contributed by atoms with van der Waals surface area (Å²) in [5.41, 5.74) is 2.90. The number of nitrogens with zero attached hydrogens (tertiary/aromatic N) is 2. The zero-order chi connectivity index (χ0) is 20.8. The highest BCUT2D eigenvalue weighted by atomic mass is 19.1. The Morgan fingerprint density at radius 2 is 1.72 bits per heavy atom. The highest BCUT2D eigenvalue weighted by Crippen LogP contribution is 2.22. The van der Waals surface area contributed by atoms with Crippen LogP contribution in [0.5, 0.6) is 11.5 Å². The van der Waals surface area contributed by atoms with Crippen LogP contribution < -0.4 is 9.47 Å². The molecule has 2 aromatic rings. The number of carbonyl (C=O) groups is 1. The summed E-state index contributed by atoms with van der Waals surface area (Å²) in [6, 6.07) is 10.9. The van der Waals surface area contributed by atoms with Crippen molar-refractivity contribution in [2.75, 3.05) is 40.4 Å². The summed E-state index contributed by atoms with van der Waals surface area (Å²) in [4.78, 5) is 16.6. The van der Waals surface area contributed by atoms with Crippen molar-refractivity contribution in [2.24, 2.45) is 0 Å². The first-order valence-corrected chi connectivity index (χ1v) is 9.66. The lowest BCUT2D eigenvalue weighted by Crippen LogP contribution is -2.47. The van der Waals surface area contributed by atoms with E-state index >= 15 is 0 Å². The molecule has 3 rings (SSSR count). The molecule has 0 radical (unpaired) electrons. The van der Waals surface area contributed by atoms with Crippen LogP contribution in [0, 0.1) is 12.7 Å². The van der Waals surface area contributed by atoms with Gasteiger partial charge in [0.25, 0.3) is 0 Å². The normalized spacial score (nSPS) is 15.0. The van der Waals surface area contributed by atoms with Crippen LogP contribution in [0.2, 0.25) is 0 Å². The zero-order valence-corrected chi connectivity index (χ0v) is 17.2. The fraction of sp³-hybridized carbons (Fsp3) is 0.348. The number of piperazine rings is 1. The number of amides is 1. The second-order valence-corrected chi connectivity index (χ2v) is 7.15. The van der Waals surface area contributed by atoms with Gasteiger partial charge in [0.1, 0.15) is 5.75 Å². The van der Waals surface area contributed by atoms with E-state index in [4.69, 9.17) is 9.47 Å². The molecule has 0 N–H and O–H groups in total. The second-order valence-electron chi connectivity index (χ2n) is 7.15. The summed E-state index contributed by atoms with van der Waals surface area (Å²) in [6.07, 6.45) is 3.41. The monoisotopic (exact) mass is 398 g/mol. The summed E-state index contributed by atoms with van der Waals surface area (Å²) < 4.78 is 24.2. The minimum atomic E-state index is -0.351. The van der Waals surface area contributed by atoms with Crippen LogP contribution in [0.3, 0.4) is 0 Å². The predicted octanol–water partition coefficient (Wildman–Crippen LogP) is 3.51.